The standard InChI is InChI=1S/C20H22N2O4S/c1-5-22(20-21-14-8-6-7-9-16(14)27-20)17(23)12-13-10-11-15(24-2)19(26-4)18(13)25-3/h6-11H,5,12H2,1-4H3. The number of fused-ring (bicyclic) bond motifs is 1. The highest BCUT2D eigenvalue weighted by Gasteiger charge is 2.22. The van der Waals surface area contributed by atoms with Gasteiger partial charge in [0.1, 0.15) is 0 Å². The number of carbonyl (C=O) groups is 1. The summed E-state index contributed by atoms with van der Waals surface area (Å²) in [7, 11) is 4.66. The molecule has 0 fully saturated rings. The fraction of sp³-hybridized carbons (Fsp3) is 0.300. The third kappa shape index (κ3) is 3.68. The van der Waals surface area contributed by atoms with E-state index in [1.165, 1.54) is 11.3 Å². The van der Waals surface area contributed by atoms with E-state index in [2.05, 4.69) is 4.98 Å². The normalized spacial score (nSPS) is 10.7. The lowest BCUT2D eigenvalue weighted by atomic mass is 10.1. The molecule has 142 valence electrons. The Kier molecular flexibility index (Phi) is 5.81. The summed E-state index contributed by atoms with van der Waals surface area (Å²) in [4.78, 5) is 19.3. The monoisotopic (exact) mass is 386 g/mol. The van der Waals surface area contributed by atoms with Gasteiger partial charge in [-0.15, -0.1) is 0 Å². The van der Waals surface area contributed by atoms with Crippen molar-refractivity contribution in [3.8, 4) is 17.2 Å². The quantitative estimate of drug-likeness (QED) is 0.616. The second-order valence-corrected chi connectivity index (χ2v) is 6.78. The summed E-state index contributed by atoms with van der Waals surface area (Å²) in [5, 5.41) is 0.697. The number of thiazole rings is 1. The SMILES string of the molecule is CCN(C(=O)Cc1ccc(OC)c(OC)c1OC)c1nc2ccccc2s1. The van der Waals surface area contributed by atoms with Crippen LogP contribution in [0.25, 0.3) is 10.2 Å². The first kappa shape index (κ1) is 19.0. The molecule has 6 nitrogen and oxygen atoms in total. The number of methoxy groups -OCH3 is 3. The summed E-state index contributed by atoms with van der Waals surface area (Å²) in [6.45, 7) is 2.48. The Bertz CT molecular complexity index is 921. The number of para-hydroxylation sites is 1. The van der Waals surface area contributed by atoms with E-state index in [9.17, 15) is 4.79 Å². The lowest BCUT2D eigenvalue weighted by Crippen LogP contribution is -2.32. The van der Waals surface area contributed by atoms with Crippen LogP contribution in [-0.4, -0.2) is 38.8 Å². The largest absolute Gasteiger partial charge is 0.493 e. The first-order valence-corrected chi connectivity index (χ1v) is 9.38. The minimum absolute atomic E-state index is 0.0536. The van der Waals surface area contributed by atoms with E-state index in [0.29, 0.717) is 28.9 Å². The number of benzene rings is 2. The topological polar surface area (TPSA) is 60.9 Å². The molecule has 1 aromatic heterocycles. The molecule has 0 saturated heterocycles. The predicted molar refractivity (Wildman–Crippen MR) is 107 cm³/mol. The molecule has 1 heterocycles. The number of nitrogens with zero attached hydrogens (tertiary/aromatic N) is 2. The van der Waals surface area contributed by atoms with Gasteiger partial charge in [0.25, 0.3) is 0 Å². The fourth-order valence-corrected chi connectivity index (χ4v) is 4.00. The van der Waals surface area contributed by atoms with Crippen LogP contribution in [0.4, 0.5) is 5.13 Å². The van der Waals surface area contributed by atoms with Crippen LogP contribution >= 0.6 is 11.3 Å². The molecule has 0 aliphatic carbocycles. The molecule has 0 radical (unpaired) electrons. The van der Waals surface area contributed by atoms with Crippen LogP contribution < -0.4 is 19.1 Å². The Morgan fingerprint density at radius 2 is 1.78 bits per heavy atom. The van der Waals surface area contributed by atoms with E-state index in [0.717, 1.165) is 15.8 Å². The number of amides is 1. The number of likely N-dealkylation sites (N-methyl/N-ethyl adjacent to an activating group) is 1. The Morgan fingerprint density at radius 1 is 1.04 bits per heavy atom. The van der Waals surface area contributed by atoms with Crippen molar-refractivity contribution in [2.75, 3.05) is 32.8 Å². The zero-order valence-corrected chi connectivity index (χ0v) is 16.6. The Balaban J connectivity index is 1.91. The number of aromatic nitrogens is 1. The number of ether oxygens (including phenoxy) is 3. The van der Waals surface area contributed by atoms with Gasteiger partial charge in [0.15, 0.2) is 16.6 Å². The molecule has 0 aliphatic heterocycles. The summed E-state index contributed by atoms with van der Waals surface area (Å²) in [5.74, 6) is 1.49. The fourth-order valence-electron chi connectivity index (χ4n) is 2.95. The molecule has 0 atom stereocenters. The van der Waals surface area contributed by atoms with Crippen LogP contribution in [0.1, 0.15) is 12.5 Å². The van der Waals surface area contributed by atoms with Crippen molar-refractivity contribution in [3.05, 3.63) is 42.0 Å². The molecule has 0 unspecified atom stereocenters. The minimum atomic E-state index is -0.0536. The van der Waals surface area contributed by atoms with Gasteiger partial charge in [-0.2, -0.15) is 0 Å². The van der Waals surface area contributed by atoms with Crippen LogP contribution in [0.5, 0.6) is 17.2 Å². The highest BCUT2D eigenvalue weighted by molar-refractivity contribution is 7.22. The van der Waals surface area contributed by atoms with Gasteiger partial charge in [0, 0.05) is 12.1 Å². The molecule has 0 N–H and O–H groups in total. The summed E-state index contributed by atoms with van der Waals surface area (Å²) in [6, 6.07) is 11.5. The van der Waals surface area contributed by atoms with Crippen molar-refractivity contribution in [2.24, 2.45) is 0 Å². The van der Waals surface area contributed by atoms with Crippen LogP contribution in [0, 0.1) is 0 Å². The maximum Gasteiger partial charge on any atom is 0.233 e. The minimum Gasteiger partial charge on any atom is -0.493 e. The van der Waals surface area contributed by atoms with Crippen LogP contribution in [0.15, 0.2) is 36.4 Å². The van der Waals surface area contributed by atoms with Gasteiger partial charge < -0.3 is 14.2 Å². The number of rotatable bonds is 7. The average molecular weight is 386 g/mol. The smallest absolute Gasteiger partial charge is 0.233 e. The van der Waals surface area contributed by atoms with Crippen molar-refractivity contribution >= 4 is 32.6 Å². The van der Waals surface area contributed by atoms with E-state index < -0.39 is 0 Å². The molecule has 3 rings (SSSR count). The maximum atomic E-state index is 13.0. The molecule has 3 aromatic rings. The average Bonchev–Trinajstić information content (AvgIpc) is 3.11. The predicted octanol–water partition coefficient (Wildman–Crippen LogP) is 3.92. The van der Waals surface area contributed by atoms with Gasteiger partial charge in [-0.1, -0.05) is 29.5 Å². The van der Waals surface area contributed by atoms with Crippen LogP contribution in [0.3, 0.4) is 0 Å². The van der Waals surface area contributed by atoms with E-state index in [1.807, 2.05) is 37.3 Å². The van der Waals surface area contributed by atoms with E-state index in [1.54, 1.807) is 32.3 Å². The van der Waals surface area contributed by atoms with E-state index >= 15 is 0 Å². The van der Waals surface area contributed by atoms with Crippen LogP contribution in [0.2, 0.25) is 0 Å². The zero-order valence-electron chi connectivity index (χ0n) is 15.8. The summed E-state index contributed by atoms with van der Waals surface area (Å²) in [6.07, 6.45) is 0.174. The number of carbonyl (C=O) groups excluding carboxylic acids is 1. The van der Waals surface area contributed by atoms with Crippen molar-refractivity contribution in [1.82, 2.24) is 4.98 Å². The highest BCUT2D eigenvalue weighted by atomic mass is 32.1. The van der Waals surface area contributed by atoms with Gasteiger partial charge in [0.05, 0.1) is 38.0 Å². The lowest BCUT2D eigenvalue weighted by Gasteiger charge is -2.20. The van der Waals surface area contributed by atoms with Crippen LogP contribution in [-0.2, 0) is 11.2 Å². The molecule has 0 saturated carbocycles. The number of hydrogen-bond acceptors (Lipinski definition) is 6. The third-order valence-corrected chi connectivity index (χ3v) is 5.32. The molecule has 0 spiro atoms. The first-order chi connectivity index (χ1) is 13.1. The van der Waals surface area contributed by atoms with Gasteiger partial charge in [-0.05, 0) is 25.1 Å². The molecule has 27 heavy (non-hydrogen) atoms. The molecular weight excluding hydrogens is 364 g/mol. The van der Waals surface area contributed by atoms with Gasteiger partial charge >= 0.3 is 0 Å². The maximum absolute atomic E-state index is 13.0. The van der Waals surface area contributed by atoms with Crippen molar-refractivity contribution in [3.63, 3.8) is 0 Å². The highest BCUT2D eigenvalue weighted by Crippen LogP contribution is 2.40. The Hall–Kier alpha value is -2.80. The number of hydrogen-bond donors (Lipinski definition) is 0. The van der Waals surface area contributed by atoms with Gasteiger partial charge in [-0.25, -0.2) is 4.98 Å². The third-order valence-electron chi connectivity index (χ3n) is 4.26. The van der Waals surface area contributed by atoms with Crippen molar-refractivity contribution in [2.45, 2.75) is 13.3 Å². The molecular formula is C20H22N2O4S. The summed E-state index contributed by atoms with van der Waals surface area (Å²) < 4.78 is 17.3. The van der Waals surface area contributed by atoms with E-state index in [-0.39, 0.29) is 12.3 Å². The Labute approximate surface area is 162 Å². The van der Waals surface area contributed by atoms with Gasteiger partial charge in [-0.3, -0.25) is 9.69 Å². The molecule has 1 amide bonds. The second kappa shape index (κ2) is 8.26. The lowest BCUT2D eigenvalue weighted by molar-refractivity contribution is -0.118. The van der Waals surface area contributed by atoms with E-state index in [4.69, 9.17) is 14.2 Å². The summed E-state index contributed by atoms with van der Waals surface area (Å²) in [5.41, 5.74) is 1.63. The van der Waals surface area contributed by atoms with Gasteiger partial charge in [0.2, 0.25) is 11.7 Å². The second-order valence-electron chi connectivity index (χ2n) is 5.77. The number of anilines is 1. The molecule has 2 aromatic carbocycles. The van der Waals surface area contributed by atoms with Crippen molar-refractivity contribution < 1.29 is 19.0 Å². The molecule has 0 aliphatic rings. The Morgan fingerprint density at radius 3 is 2.41 bits per heavy atom. The zero-order chi connectivity index (χ0) is 19.4. The van der Waals surface area contributed by atoms with Crippen molar-refractivity contribution in [1.29, 1.82) is 0 Å². The summed E-state index contributed by atoms with van der Waals surface area (Å²) >= 11 is 1.51. The first-order valence-electron chi connectivity index (χ1n) is 8.56. The molecule has 0 bridgehead atoms. The molecule has 7 heteroatoms.